The van der Waals surface area contributed by atoms with E-state index >= 15 is 0 Å². The van der Waals surface area contributed by atoms with Crippen LogP contribution in [0.5, 0.6) is 0 Å². The molecule has 1 aliphatic heterocycles. The van der Waals surface area contributed by atoms with Gasteiger partial charge in [-0.25, -0.2) is 9.97 Å². The molecule has 3 aromatic rings. The maximum Gasteiger partial charge on any atom is 0.227 e. The van der Waals surface area contributed by atoms with Crippen molar-refractivity contribution in [3.63, 3.8) is 0 Å². The number of nitrogens with one attached hydrogen (secondary N) is 1. The Morgan fingerprint density at radius 2 is 1.71 bits per heavy atom. The summed E-state index contributed by atoms with van der Waals surface area (Å²) in [6, 6.07) is 12.7. The monoisotopic (exact) mass is 458 g/mol. The molecular formula is C27H34N6O. The van der Waals surface area contributed by atoms with E-state index in [1.807, 2.05) is 11.1 Å². The Balaban J connectivity index is 1.37. The molecule has 34 heavy (non-hydrogen) atoms. The average Bonchev–Trinajstić information content (AvgIpc) is 3.38. The van der Waals surface area contributed by atoms with Crippen LogP contribution in [0.3, 0.4) is 0 Å². The van der Waals surface area contributed by atoms with Crippen molar-refractivity contribution in [3.8, 4) is 0 Å². The maximum absolute atomic E-state index is 11.6. The molecule has 7 nitrogen and oxygen atoms in total. The van der Waals surface area contributed by atoms with Crippen molar-refractivity contribution in [1.82, 2.24) is 14.9 Å². The summed E-state index contributed by atoms with van der Waals surface area (Å²) in [6.07, 6.45) is 6.98. The first-order chi connectivity index (χ1) is 16.5. The first-order valence-electron chi connectivity index (χ1n) is 12.3. The number of benzene rings is 2. The van der Waals surface area contributed by atoms with Gasteiger partial charge in [-0.1, -0.05) is 12.8 Å². The van der Waals surface area contributed by atoms with Gasteiger partial charge in [-0.2, -0.15) is 0 Å². The van der Waals surface area contributed by atoms with Gasteiger partial charge in [0.15, 0.2) is 0 Å². The van der Waals surface area contributed by atoms with Crippen molar-refractivity contribution in [2.45, 2.75) is 38.5 Å². The first-order valence-corrected chi connectivity index (χ1v) is 12.3. The fourth-order valence-corrected chi connectivity index (χ4v) is 5.34. The molecule has 1 N–H and O–H groups in total. The Morgan fingerprint density at radius 1 is 1.00 bits per heavy atom. The van der Waals surface area contributed by atoms with Crippen LogP contribution in [0.1, 0.15) is 44.1 Å². The van der Waals surface area contributed by atoms with Crippen LogP contribution in [-0.4, -0.2) is 61.0 Å². The van der Waals surface area contributed by atoms with Gasteiger partial charge in [-0.15, -0.1) is 0 Å². The highest BCUT2D eigenvalue weighted by molar-refractivity contribution is 5.88. The van der Waals surface area contributed by atoms with Gasteiger partial charge in [0, 0.05) is 81.4 Å². The topological polar surface area (TPSA) is 64.6 Å². The summed E-state index contributed by atoms with van der Waals surface area (Å²) in [7, 11) is 4.23. The van der Waals surface area contributed by atoms with E-state index in [0.717, 1.165) is 42.8 Å². The quantitative estimate of drug-likeness (QED) is 0.594. The van der Waals surface area contributed by atoms with Crippen molar-refractivity contribution in [1.29, 1.82) is 0 Å². The third kappa shape index (κ3) is 4.52. The SMILES string of the molecule is CC(=O)N1CCN(c2ccc(Nc3ncc4ccc(N(C)C)c(C5CCCC5)c4n3)cc2)CC1. The summed E-state index contributed by atoms with van der Waals surface area (Å²) in [6.45, 7) is 4.91. The molecule has 1 saturated heterocycles. The summed E-state index contributed by atoms with van der Waals surface area (Å²) in [5.41, 5.74) is 5.84. The summed E-state index contributed by atoms with van der Waals surface area (Å²) in [5, 5.41) is 4.50. The van der Waals surface area contributed by atoms with Crippen LogP contribution in [0.15, 0.2) is 42.6 Å². The minimum absolute atomic E-state index is 0.156. The largest absolute Gasteiger partial charge is 0.377 e. The van der Waals surface area contributed by atoms with E-state index in [0.29, 0.717) is 11.9 Å². The fraction of sp³-hybridized carbons (Fsp3) is 0.444. The molecule has 0 unspecified atom stereocenters. The molecule has 2 heterocycles. The minimum Gasteiger partial charge on any atom is -0.377 e. The van der Waals surface area contributed by atoms with E-state index in [4.69, 9.17) is 4.98 Å². The van der Waals surface area contributed by atoms with Crippen LogP contribution in [0.2, 0.25) is 0 Å². The van der Waals surface area contributed by atoms with Crippen molar-refractivity contribution in [3.05, 3.63) is 48.2 Å². The van der Waals surface area contributed by atoms with Gasteiger partial charge >= 0.3 is 0 Å². The molecule has 1 saturated carbocycles. The van der Waals surface area contributed by atoms with Crippen molar-refractivity contribution in [2.24, 2.45) is 0 Å². The molecule has 1 aromatic heterocycles. The lowest BCUT2D eigenvalue weighted by Gasteiger charge is -2.35. The second-order valence-electron chi connectivity index (χ2n) is 9.67. The highest BCUT2D eigenvalue weighted by Gasteiger charge is 2.24. The van der Waals surface area contributed by atoms with Gasteiger partial charge in [0.05, 0.1) is 5.52 Å². The number of rotatable bonds is 5. The van der Waals surface area contributed by atoms with Gasteiger partial charge in [0.2, 0.25) is 11.9 Å². The number of amides is 1. The predicted molar refractivity (Wildman–Crippen MR) is 139 cm³/mol. The predicted octanol–water partition coefficient (Wildman–Crippen LogP) is 4.77. The Morgan fingerprint density at radius 3 is 2.35 bits per heavy atom. The van der Waals surface area contributed by atoms with Crippen LogP contribution in [0.4, 0.5) is 23.0 Å². The highest BCUT2D eigenvalue weighted by atomic mass is 16.2. The van der Waals surface area contributed by atoms with Gasteiger partial charge in [0.25, 0.3) is 0 Å². The van der Waals surface area contributed by atoms with E-state index in [-0.39, 0.29) is 5.91 Å². The molecule has 7 heteroatoms. The third-order valence-corrected chi connectivity index (χ3v) is 7.23. The van der Waals surface area contributed by atoms with Gasteiger partial charge in [0.1, 0.15) is 0 Å². The molecule has 1 aliphatic carbocycles. The number of hydrogen-bond acceptors (Lipinski definition) is 6. The maximum atomic E-state index is 11.6. The van der Waals surface area contributed by atoms with E-state index in [2.05, 4.69) is 70.6 Å². The Bertz CT molecular complexity index is 1160. The minimum atomic E-state index is 0.156. The van der Waals surface area contributed by atoms with Crippen molar-refractivity contribution >= 4 is 39.8 Å². The second kappa shape index (κ2) is 9.49. The summed E-state index contributed by atoms with van der Waals surface area (Å²) in [5.74, 6) is 1.35. The lowest BCUT2D eigenvalue weighted by atomic mass is 9.93. The van der Waals surface area contributed by atoms with Gasteiger partial charge in [-0.3, -0.25) is 4.79 Å². The number of carbonyl (C=O) groups is 1. The van der Waals surface area contributed by atoms with E-state index in [9.17, 15) is 4.79 Å². The number of nitrogens with zero attached hydrogens (tertiary/aromatic N) is 5. The molecule has 0 bridgehead atoms. The first kappa shape index (κ1) is 22.4. The number of piperazine rings is 1. The molecule has 2 fully saturated rings. The lowest BCUT2D eigenvalue weighted by Crippen LogP contribution is -2.48. The molecule has 0 atom stereocenters. The highest BCUT2D eigenvalue weighted by Crippen LogP contribution is 2.42. The number of aromatic nitrogens is 2. The number of fused-ring (bicyclic) bond motifs is 1. The van der Waals surface area contributed by atoms with E-state index in [1.165, 1.54) is 42.6 Å². The molecule has 5 rings (SSSR count). The standard InChI is InChI=1S/C27H34N6O/c1-19(34)32-14-16-33(17-15-32)23-11-9-22(10-12-23)29-27-28-18-21-8-13-24(31(2)3)25(26(21)30-27)20-6-4-5-7-20/h8-13,18,20H,4-7,14-17H2,1-3H3,(H,28,29,30). The van der Waals surface area contributed by atoms with Gasteiger partial charge in [-0.05, 0) is 55.2 Å². The Labute approximate surface area is 201 Å². The van der Waals surface area contributed by atoms with Crippen LogP contribution in [0, 0.1) is 0 Å². The van der Waals surface area contributed by atoms with Gasteiger partial charge < -0.3 is 20.0 Å². The van der Waals surface area contributed by atoms with Crippen molar-refractivity contribution < 1.29 is 4.79 Å². The normalized spacial score (nSPS) is 16.8. The van der Waals surface area contributed by atoms with E-state index < -0.39 is 0 Å². The third-order valence-electron chi connectivity index (χ3n) is 7.23. The van der Waals surface area contributed by atoms with Crippen LogP contribution < -0.4 is 15.1 Å². The molecular weight excluding hydrogens is 424 g/mol. The smallest absolute Gasteiger partial charge is 0.227 e. The van der Waals surface area contributed by atoms with Crippen molar-refractivity contribution in [2.75, 3.05) is 55.4 Å². The van der Waals surface area contributed by atoms with Crippen LogP contribution >= 0.6 is 0 Å². The molecule has 2 aliphatic rings. The zero-order valence-corrected chi connectivity index (χ0v) is 20.4. The Kier molecular flexibility index (Phi) is 6.26. The molecule has 178 valence electrons. The molecule has 1 amide bonds. The fourth-order valence-electron chi connectivity index (χ4n) is 5.34. The summed E-state index contributed by atoms with van der Waals surface area (Å²) < 4.78 is 0. The van der Waals surface area contributed by atoms with Crippen LogP contribution in [0.25, 0.3) is 10.9 Å². The summed E-state index contributed by atoms with van der Waals surface area (Å²) >= 11 is 0. The molecule has 0 radical (unpaired) electrons. The molecule has 0 spiro atoms. The zero-order chi connectivity index (χ0) is 23.7. The average molecular weight is 459 g/mol. The number of anilines is 4. The number of carbonyl (C=O) groups excluding carboxylic acids is 1. The lowest BCUT2D eigenvalue weighted by molar-refractivity contribution is -0.129. The summed E-state index contributed by atoms with van der Waals surface area (Å²) in [4.78, 5) is 27.6. The molecule has 2 aromatic carbocycles. The Hall–Kier alpha value is -3.35. The van der Waals surface area contributed by atoms with E-state index in [1.54, 1.807) is 6.92 Å². The zero-order valence-electron chi connectivity index (χ0n) is 20.4. The van der Waals surface area contributed by atoms with Crippen LogP contribution in [-0.2, 0) is 4.79 Å². The number of hydrogen-bond donors (Lipinski definition) is 1. The second-order valence-corrected chi connectivity index (χ2v) is 9.67.